The van der Waals surface area contributed by atoms with Crippen LogP contribution in [0.2, 0.25) is 0 Å². The fraction of sp³-hybridized carbons (Fsp3) is 0.923. The molecule has 100 valence electrons. The van der Waals surface area contributed by atoms with Crippen molar-refractivity contribution >= 4 is 5.91 Å². The Labute approximate surface area is 104 Å². The molecule has 1 amide bonds. The largest absolute Gasteiger partial charge is 0.391 e. The number of nitrogens with two attached hydrogens (primary N) is 1. The standard InChI is InChI=1S/C13H26N2O2/c1-13(2,3)11(14)12(17)15-9-7-5-4-6-8-10(9)16/h9-11,16H,4-8,14H2,1-3H3,(H,15,17)/t9?,10?,11-/m0/s1. The van der Waals surface area contributed by atoms with Crippen LogP contribution >= 0.6 is 0 Å². The number of carbonyl (C=O) groups excluding carboxylic acids is 1. The van der Waals surface area contributed by atoms with Gasteiger partial charge in [0, 0.05) is 0 Å². The first-order valence-corrected chi connectivity index (χ1v) is 6.56. The van der Waals surface area contributed by atoms with E-state index in [1.165, 1.54) is 0 Å². The van der Waals surface area contributed by atoms with Gasteiger partial charge in [-0.2, -0.15) is 0 Å². The fourth-order valence-electron chi connectivity index (χ4n) is 2.12. The molecule has 0 radical (unpaired) electrons. The summed E-state index contributed by atoms with van der Waals surface area (Å²) in [6.07, 6.45) is 4.44. The van der Waals surface area contributed by atoms with Crippen molar-refractivity contribution in [3.05, 3.63) is 0 Å². The van der Waals surface area contributed by atoms with Crippen molar-refractivity contribution in [3.63, 3.8) is 0 Å². The molecule has 0 aromatic heterocycles. The highest BCUT2D eigenvalue weighted by Crippen LogP contribution is 2.20. The molecule has 1 aliphatic carbocycles. The van der Waals surface area contributed by atoms with Crippen molar-refractivity contribution in [3.8, 4) is 0 Å². The summed E-state index contributed by atoms with van der Waals surface area (Å²) >= 11 is 0. The Morgan fingerprint density at radius 2 is 1.88 bits per heavy atom. The summed E-state index contributed by atoms with van der Waals surface area (Å²) in [5.41, 5.74) is 5.65. The SMILES string of the molecule is CC(C)(C)[C@@H](N)C(=O)NC1CCCCCC1O. The lowest BCUT2D eigenvalue weighted by atomic mass is 9.86. The summed E-state index contributed by atoms with van der Waals surface area (Å²) in [6.45, 7) is 5.84. The highest BCUT2D eigenvalue weighted by molar-refractivity contribution is 5.82. The molecule has 0 aromatic rings. The van der Waals surface area contributed by atoms with Crippen molar-refractivity contribution in [1.29, 1.82) is 0 Å². The monoisotopic (exact) mass is 242 g/mol. The van der Waals surface area contributed by atoms with Gasteiger partial charge in [0.15, 0.2) is 0 Å². The van der Waals surface area contributed by atoms with Gasteiger partial charge in [0.05, 0.1) is 18.2 Å². The van der Waals surface area contributed by atoms with Crippen LogP contribution in [0.15, 0.2) is 0 Å². The van der Waals surface area contributed by atoms with Gasteiger partial charge in [-0.1, -0.05) is 40.0 Å². The maximum Gasteiger partial charge on any atom is 0.237 e. The Hall–Kier alpha value is -0.610. The number of nitrogens with one attached hydrogen (secondary N) is 1. The number of amides is 1. The number of aliphatic hydroxyl groups excluding tert-OH is 1. The van der Waals surface area contributed by atoms with Crippen LogP contribution in [-0.4, -0.2) is 29.2 Å². The zero-order chi connectivity index (χ0) is 13.1. The molecule has 1 fully saturated rings. The second-order valence-electron chi connectivity index (χ2n) is 6.16. The molecule has 0 aliphatic heterocycles. The third kappa shape index (κ3) is 4.28. The quantitative estimate of drug-likeness (QED) is 0.636. The summed E-state index contributed by atoms with van der Waals surface area (Å²) in [4.78, 5) is 12.0. The molecule has 4 heteroatoms. The van der Waals surface area contributed by atoms with Crippen molar-refractivity contribution in [2.45, 2.75) is 71.1 Å². The Bertz CT molecular complexity index is 261. The Morgan fingerprint density at radius 3 is 2.47 bits per heavy atom. The van der Waals surface area contributed by atoms with Crippen molar-refractivity contribution in [1.82, 2.24) is 5.32 Å². The van der Waals surface area contributed by atoms with E-state index in [1.54, 1.807) is 0 Å². The van der Waals surface area contributed by atoms with Gasteiger partial charge >= 0.3 is 0 Å². The van der Waals surface area contributed by atoms with E-state index in [-0.39, 0.29) is 17.4 Å². The Kier molecular flexibility index (Phi) is 4.95. The maximum atomic E-state index is 12.0. The van der Waals surface area contributed by atoms with Crippen molar-refractivity contribution in [2.75, 3.05) is 0 Å². The average molecular weight is 242 g/mol. The lowest BCUT2D eigenvalue weighted by Gasteiger charge is -2.29. The summed E-state index contributed by atoms with van der Waals surface area (Å²) < 4.78 is 0. The molecule has 1 rings (SSSR count). The predicted molar refractivity (Wildman–Crippen MR) is 68.5 cm³/mol. The number of hydrogen-bond acceptors (Lipinski definition) is 3. The second kappa shape index (κ2) is 5.83. The molecular formula is C13H26N2O2. The molecule has 2 unspecified atom stereocenters. The molecule has 3 atom stereocenters. The summed E-state index contributed by atoms with van der Waals surface area (Å²) in [5.74, 6) is -0.150. The first-order valence-electron chi connectivity index (χ1n) is 6.56. The number of aliphatic hydroxyl groups is 1. The molecule has 1 aliphatic rings. The van der Waals surface area contributed by atoms with Crippen LogP contribution in [0.4, 0.5) is 0 Å². The van der Waals surface area contributed by atoms with Crippen LogP contribution in [0.5, 0.6) is 0 Å². The van der Waals surface area contributed by atoms with E-state index >= 15 is 0 Å². The molecule has 4 N–H and O–H groups in total. The molecule has 0 aromatic carbocycles. The van der Waals surface area contributed by atoms with Gasteiger partial charge < -0.3 is 16.2 Å². The average Bonchev–Trinajstić information content (AvgIpc) is 2.42. The summed E-state index contributed by atoms with van der Waals surface area (Å²) in [6, 6.07) is -0.656. The summed E-state index contributed by atoms with van der Waals surface area (Å²) in [7, 11) is 0. The van der Waals surface area contributed by atoms with Gasteiger partial charge in [0.2, 0.25) is 5.91 Å². The van der Waals surface area contributed by atoms with Gasteiger partial charge in [-0.05, 0) is 18.3 Å². The van der Waals surface area contributed by atoms with Crippen LogP contribution in [0.25, 0.3) is 0 Å². The van der Waals surface area contributed by atoms with E-state index in [4.69, 9.17) is 5.73 Å². The molecule has 0 spiro atoms. The molecule has 0 saturated heterocycles. The zero-order valence-electron chi connectivity index (χ0n) is 11.2. The first-order chi connectivity index (χ1) is 7.82. The lowest BCUT2D eigenvalue weighted by Crippen LogP contribution is -2.53. The van der Waals surface area contributed by atoms with Crippen LogP contribution in [-0.2, 0) is 4.79 Å². The van der Waals surface area contributed by atoms with Crippen LogP contribution < -0.4 is 11.1 Å². The highest BCUT2D eigenvalue weighted by atomic mass is 16.3. The van der Waals surface area contributed by atoms with E-state index in [2.05, 4.69) is 5.32 Å². The molecule has 0 bridgehead atoms. The van der Waals surface area contributed by atoms with Crippen LogP contribution in [0.3, 0.4) is 0 Å². The van der Waals surface area contributed by atoms with E-state index in [0.717, 1.165) is 32.1 Å². The maximum absolute atomic E-state index is 12.0. The second-order valence-corrected chi connectivity index (χ2v) is 6.16. The van der Waals surface area contributed by atoms with E-state index < -0.39 is 12.1 Å². The fourth-order valence-corrected chi connectivity index (χ4v) is 2.12. The predicted octanol–water partition coefficient (Wildman–Crippen LogP) is 1.17. The normalized spacial score (nSPS) is 28.3. The Morgan fingerprint density at radius 1 is 1.29 bits per heavy atom. The molecule has 4 nitrogen and oxygen atoms in total. The van der Waals surface area contributed by atoms with Crippen LogP contribution in [0, 0.1) is 5.41 Å². The van der Waals surface area contributed by atoms with Gasteiger partial charge in [0.1, 0.15) is 0 Å². The van der Waals surface area contributed by atoms with E-state index in [1.807, 2.05) is 20.8 Å². The van der Waals surface area contributed by atoms with Crippen molar-refractivity contribution < 1.29 is 9.90 Å². The van der Waals surface area contributed by atoms with Crippen LogP contribution in [0.1, 0.15) is 52.9 Å². The minimum atomic E-state index is -0.530. The van der Waals surface area contributed by atoms with E-state index in [9.17, 15) is 9.90 Å². The number of hydrogen-bond donors (Lipinski definition) is 3. The molecular weight excluding hydrogens is 216 g/mol. The molecule has 1 saturated carbocycles. The highest BCUT2D eigenvalue weighted by Gasteiger charge is 2.30. The van der Waals surface area contributed by atoms with Gasteiger partial charge in [-0.25, -0.2) is 0 Å². The van der Waals surface area contributed by atoms with Gasteiger partial charge in [0.25, 0.3) is 0 Å². The first kappa shape index (κ1) is 14.5. The third-order valence-corrected chi connectivity index (χ3v) is 3.52. The third-order valence-electron chi connectivity index (χ3n) is 3.52. The zero-order valence-corrected chi connectivity index (χ0v) is 11.2. The smallest absolute Gasteiger partial charge is 0.237 e. The topological polar surface area (TPSA) is 75.4 Å². The molecule has 0 heterocycles. The van der Waals surface area contributed by atoms with Gasteiger partial charge in [-0.15, -0.1) is 0 Å². The van der Waals surface area contributed by atoms with Crippen molar-refractivity contribution in [2.24, 2.45) is 11.1 Å². The summed E-state index contributed by atoms with van der Waals surface area (Å²) in [5, 5.41) is 12.8. The Balaban J connectivity index is 2.54. The number of rotatable bonds is 2. The molecule has 17 heavy (non-hydrogen) atoms. The lowest BCUT2D eigenvalue weighted by molar-refractivity contribution is -0.126. The minimum Gasteiger partial charge on any atom is -0.391 e. The van der Waals surface area contributed by atoms with E-state index in [0.29, 0.717) is 0 Å². The number of carbonyl (C=O) groups is 1. The minimum absolute atomic E-state index is 0.126. The van der Waals surface area contributed by atoms with Gasteiger partial charge in [-0.3, -0.25) is 4.79 Å².